The number of rotatable bonds is 3. The molecule has 2 aliphatic rings. The quantitative estimate of drug-likeness (QED) is 0.845. The maximum absolute atomic E-state index is 13.7. The molecule has 0 unspecified atom stereocenters. The van der Waals surface area contributed by atoms with Crippen molar-refractivity contribution in [1.82, 2.24) is 9.80 Å². The van der Waals surface area contributed by atoms with E-state index < -0.39 is 0 Å². The lowest BCUT2D eigenvalue weighted by atomic mass is 10.2. The first-order valence-corrected chi connectivity index (χ1v) is 7.48. The fraction of sp³-hybridized carbons (Fsp3) is 0.562. The van der Waals surface area contributed by atoms with Crippen molar-refractivity contribution in [1.29, 1.82) is 0 Å². The van der Waals surface area contributed by atoms with Gasteiger partial charge >= 0.3 is 0 Å². The van der Waals surface area contributed by atoms with Crippen LogP contribution in [0.5, 0.6) is 0 Å². The molecule has 1 heterocycles. The van der Waals surface area contributed by atoms with Gasteiger partial charge in [0.2, 0.25) is 5.91 Å². The molecule has 1 aliphatic carbocycles. The molecule has 0 N–H and O–H groups in total. The number of carbonyl (C=O) groups is 1. The molecule has 4 heteroatoms. The zero-order valence-electron chi connectivity index (χ0n) is 11.7. The standard InChI is InChI=1S/C16H21FN2O/c17-15-5-2-1-4-14(15)12-18-8-3-9-19(11-10-18)16(20)13-6-7-13/h1-2,4-5,13H,3,6-12H2. The zero-order chi connectivity index (χ0) is 13.9. The van der Waals surface area contributed by atoms with E-state index in [2.05, 4.69) is 4.90 Å². The molecule has 0 aromatic heterocycles. The Bertz CT molecular complexity index is 487. The van der Waals surface area contributed by atoms with Gasteiger partial charge in [-0.3, -0.25) is 9.69 Å². The molecule has 0 atom stereocenters. The SMILES string of the molecule is O=C(C1CC1)N1CCCN(Cc2ccccc2F)CC1. The largest absolute Gasteiger partial charge is 0.341 e. The minimum atomic E-state index is -0.136. The van der Waals surface area contributed by atoms with E-state index in [0.29, 0.717) is 18.4 Å². The third-order valence-corrected chi connectivity index (χ3v) is 4.18. The average molecular weight is 276 g/mol. The van der Waals surface area contributed by atoms with Gasteiger partial charge in [0.15, 0.2) is 0 Å². The van der Waals surface area contributed by atoms with E-state index in [1.807, 2.05) is 17.0 Å². The Morgan fingerprint density at radius 2 is 1.95 bits per heavy atom. The maximum atomic E-state index is 13.7. The molecular weight excluding hydrogens is 255 g/mol. The summed E-state index contributed by atoms with van der Waals surface area (Å²) in [7, 11) is 0. The van der Waals surface area contributed by atoms with Crippen LogP contribution < -0.4 is 0 Å². The van der Waals surface area contributed by atoms with Crippen LogP contribution in [0.15, 0.2) is 24.3 Å². The monoisotopic (exact) mass is 276 g/mol. The Balaban J connectivity index is 1.57. The molecule has 1 saturated heterocycles. The van der Waals surface area contributed by atoms with Gasteiger partial charge in [-0.15, -0.1) is 0 Å². The highest BCUT2D eigenvalue weighted by atomic mass is 19.1. The topological polar surface area (TPSA) is 23.6 Å². The van der Waals surface area contributed by atoms with Gasteiger partial charge in [-0.05, 0) is 25.3 Å². The van der Waals surface area contributed by atoms with Gasteiger partial charge in [-0.25, -0.2) is 4.39 Å². The highest BCUT2D eigenvalue weighted by molar-refractivity contribution is 5.81. The fourth-order valence-corrected chi connectivity index (χ4v) is 2.81. The van der Waals surface area contributed by atoms with Crippen molar-refractivity contribution in [3.05, 3.63) is 35.6 Å². The number of benzene rings is 1. The van der Waals surface area contributed by atoms with E-state index in [0.717, 1.165) is 51.0 Å². The van der Waals surface area contributed by atoms with E-state index in [1.165, 1.54) is 6.07 Å². The lowest BCUT2D eigenvalue weighted by Gasteiger charge is -2.22. The molecule has 0 bridgehead atoms. The summed E-state index contributed by atoms with van der Waals surface area (Å²) in [5.41, 5.74) is 0.745. The van der Waals surface area contributed by atoms with Gasteiger partial charge in [0, 0.05) is 44.2 Å². The molecule has 1 aromatic rings. The third-order valence-electron chi connectivity index (χ3n) is 4.18. The van der Waals surface area contributed by atoms with Crippen LogP contribution in [0.25, 0.3) is 0 Å². The van der Waals surface area contributed by atoms with Gasteiger partial charge in [0.1, 0.15) is 5.82 Å². The molecule has 0 radical (unpaired) electrons. The minimum Gasteiger partial charge on any atom is -0.341 e. The van der Waals surface area contributed by atoms with E-state index in [1.54, 1.807) is 6.07 Å². The van der Waals surface area contributed by atoms with Crippen molar-refractivity contribution in [2.24, 2.45) is 5.92 Å². The minimum absolute atomic E-state index is 0.136. The predicted octanol–water partition coefficient (Wildman–Crippen LogP) is 2.27. The molecule has 20 heavy (non-hydrogen) atoms. The van der Waals surface area contributed by atoms with Crippen molar-refractivity contribution in [3.63, 3.8) is 0 Å². The number of hydrogen-bond donors (Lipinski definition) is 0. The highest BCUT2D eigenvalue weighted by Gasteiger charge is 2.33. The second kappa shape index (κ2) is 5.92. The van der Waals surface area contributed by atoms with E-state index in [9.17, 15) is 9.18 Å². The molecule has 1 aromatic carbocycles. The van der Waals surface area contributed by atoms with Gasteiger partial charge in [-0.1, -0.05) is 18.2 Å². The van der Waals surface area contributed by atoms with Crippen molar-refractivity contribution in [3.8, 4) is 0 Å². The van der Waals surface area contributed by atoms with Crippen LogP contribution in [0.1, 0.15) is 24.8 Å². The Labute approximate surface area is 119 Å². The van der Waals surface area contributed by atoms with Gasteiger partial charge in [-0.2, -0.15) is 0 Å². The number of amides is 1. The summed E-state index contributed by atoms with van der Waals surface area (Å²) in [6.45, 7) is 4.04. The van der Waals surface area contributed by atoms with Crippen LogP contribution in [0.2, 0.25) is 0 Å². The van der Waals surface area contributed by atoms with E-state index >= 15 is 0 Å². The summed E-state index contributed by atoms with van der Waals surface area (Å²) < 4.78 is 13.7. The number of nitrogens with zero attached hydrogens (tertiary/aromatic N) is 2. The third kappa shape index (κ3) is 3.18. The van der Waals surface area contributed by atoms with Crippen LogP contribution in [0.3, 0.4) is 0 Å². The summed E-state index contributed by atoms with van der Waals surface area (Å²) in [5.74, 6) is 0.494. The van der Waals surface area contributed by atoms with Gasteiger partial charge in [0.25, 0.3) is 0 Å². The molecular formula is C16H21FN2O. The molecule has 2 fully saturated rings. The second-order valence-electron chi connectivity index (χ2n) is 5.82. The lowest BCUT2D eigenvalue weighted by Crippen LogP contribution is -2.36. The fourth-order valence-electron chi connectivity index (χ4n) is 2.81. The second-order valence-corrected chi connectivity index (χ2v) is 5.82. The van der Waals surface area contributed by atoms with Crippen LogP contribution in [-0.2, 0) is 11.3 Å². The first kappa shape index (κ1) is 13.6. The van der Waals surface area contributed by atoms with Crippen LogP contribution >= 0.6 is 0 Å². The van der Waals surface area contributed by atoms with Crippen LogP contribution in [0.4, 0.5) is 4.39 Å². The summed E-state index contributed by atoms with van der Waals surface area (Å²) in [6, 6.07) is 6.94. The number of carbonyl (C=O) groups excluding carboxylic acids is 1. The molecule has 3 rings (SSSR count). The summed E-state index contributed by atoms with van der Waals surface area (Å²) in [4.78, 5) is 16.3. The summed E-state index contributed by atoms with van der Waals surface area (Å²) in [6.07, 6.45) is 3.11. The Kier molecular flexibility index (Phi) is 4.01. The molecule has 1 aliphatic heterocycles. The Morgan fingerprint density at radius 3 is 2.70 bits per heavy atom. The maximum Gasteiger partial charge on any atom is 0.225 e. The molecule has 3 nitrogen and oxygen atoms in total. The summed E-state index contributed by atoms with van der Waals surface area (Å²) >= 11 is 0. The molecule has 0 spiro atoms. The molecule has 108 valence electrons. The molecule has 1 amide bonds. The van der Waals surface area contributed by atoms with Crippen molar-refractivity contribution < 1.29 is 9.18 Å². The first-order chi connectivity index (χ1) is 9.74. The highest BCUT2D eigenvalue weighted by Crippen LogP contribution is 2.31. The first-order valence-electron chi connectivity index (χ1n) is 7.48. The Morgan fingerprint density at radius 1 is 1.15 bits per heavy atom. The predicted molar refractivity (Wildman–Crippen MR) is 75.6 cm³/mol. The van der Waals surface area contributed by atoms with Gasteiger partial charge in [0.05, 0.1) is 0 Å². The normalized spacial score (nSPS) is 20.8. The van der Waals surface area contributed by atoms with Crippen molar-refractivity contribution in [2.45, 2.75) is 25.8 Å². The van der Waals surface area contributed by atoms with Gasteiger partial charge < -0.3 is 4.90 Å². The van der Waals surface area contributed by atoms with E-state index in [4.69, 9.17) is 0 Å². The smallest absolute Gasteiger partial charge is 0.225 e. The van der Waals surface area contributed by atoms with E-state index in [-0.39, 0.29) is 5.82 Å². The van der Waals surface area contributed by atoms with Crippen molar-refractivity contribution in [2.75, 3.05) is 26.2 Å². The Hall–Kier alpha value is -1.42. The molecule has 1 saturated carbocycles. The number of halogens is 1. The van der Waals surface area contributed by atoms with Crippen molar-refractivity contribution >= 4 is 5.91 Å². The van der Waals surface area contributed by atoms with Crippen LogP contribution in [-0.4, -0.2) is 41.9 Å². The lowest BCUT2D eigenvalue weighted by molar-refractivity contribution is -0.132. The summed E-state index contributed by atoms with van der Waals surface area (Å²) in [5, 5.41) is 0. The number of hydrogen-bond acceptors (Lipinski definition) is 2. The van der Waals surface area contributed by atoms with Crippen LogP contribution in [0, 0.1) is 11.7 Å². The average Bonchev–Trinajstić information content (AvgIpc) is 3.27. The zero-order valence-corrected chi connectivity index (χ0v) is 11.7.